The molecule has 1 aromatic carbocycles. The molecule has 5 nitrogen and oxygen atoms in total. The molecule has 2 N–H and O–H groups in total. The fourth-order valence-corrected chi connectivity index (χ4v) is 2.45. The van der Waals surface area contributed by atoms with Gasteiger partial charge in [-0.2, -0.15) is 13.2 Å². The molecule has 0 aromatic heterocycles. The van der Waals surface area contributed by atoms with Gasteiger partial charge in [0.1, 0.15) is 0 Å². The molecule has 0 spiro atoms. The number of nitrogens with zero attached hydrogens (tertiary/aromatic N) is 1. The Bertz CT molecular complexity index is 616. The van der Waals surface area contributed by atoms with Crippen LogP contribution in [-0.4, -0.2) is 30.4 Å². The van der Waals surface area contributed by atoms with Crippen LogP contribution in [0.2, 0.25) is 0 Å². The van der Waals surface area contributed by atoms with E-state index in [4.69, 9.17) is 15.3 Å². The maximum absolute atomic E-state index is 13.1. The Morgan fingerprint density at radius 2 is 2.13 bits per heavy atom. The summed E-state index contributed by atoms with van der Waals surface area (Å²) in [6.45, 7) is 1.75. The second-order valence-electron chi connectivity index (χ2n) is 5.18. The Balaban J connectivity index is 2.36. The number of oxime groups is 1. The molecule has 126 valence electrons. The molecule has 0 saturated carbocycles. The maximum Gasteiger partial charge on any atom is 0.416 e. The molecule has 0 radical (unpaired) electrons. The number of nitrogens with two attached hydrogens (primary N) is 1. The summed E-state index contributed by atoms with van der Waals surface area (Å²) in [6, 6.07) is 5.05. The van der Waals surface area contributed by atoms with E-state index in [0.717, 1.165) is 6.07 Å². The first-order chi connectivity index (χ1) is 10.8. The van der Waals surface area contributed by atoms with Gasteiger partial charge in [-0.3, -0.25) is 0 Å². The van der Waals surface area contributed by atoms with Gasteiger partial charge in [0.05, 0.1) is 17.9 Å². The molecule has 2 rings (SSSR count). The summed E-state index contributed by atoms with van der Waals surface area (Å²) in [5.74, 6) is -0.746. The van der Waals surface area contributed by atoms with Gasteiger partial charge in [0.2, 0.25) is 5.60 Å². The summed E-state index contributed by atoms with van der Waals surface area (Å²) in [5.41, 5.74) is 3.41. The molecule has 1 heterocycles. The zero-order valence-electron chi connectivity index (χ0n) is 12.5. The summed E-state index contributed by atoms with van der Waals surface area (Å²) in [6.07, 6.45) is -4.81. The number of hydrogen-bond donors (Lipinski definition) is 1. The Morgan fingerprint density at radius 1 is 1.43 bits per heavy atom. The molecule has 1 aliphatic rings. The number of benzene rings is 1. The van der Waals surface area contributed by atoms with Crippen LogP contribution < -0.4 is 5.73 Å². The summed E-state index contributed by atoms with van der Waals surface area (Å²) < 4.78 is 44.4. The molecular weight excluding hydrogens is 313 g/mol. The van der Waals surface area contributed by atoms with Gasteiger partial charge < -0.3 is 15.3 Å². The quantitative estimate of drug-likeness (QED) is 0.841. The van der Waals surface area contributed by atoms with Gasteiger partial charge in [-0.05, 0) is 18.6 Å². The highest BCUT2D eigenvalue weighted by molar-refractivity contribution is 5.95. The molecule has 0 fully saturated rings. The van der Waals surface area contributed by atoms with E-state index in [1.165, 1.54) is 18.2 Å². The van der Waals surface area contributed by atoms with Gasteiger partial charge in [-0.25, -0.2) is 4.79 Å². The van der Waals surface area contributed by atoms with Crippen LogP contribution in [0.25, 0.3) is 0 Å². The smallest absolute Gasteiger partial charge is 0.416 e. The predicted octanol–water partition coefficient (Wildman–Crippen LogP) is 2.28. The summed E-state index contributed by atoms with van der Waals surface area (Å²) in [7, 11) is 0. The first kappa shape index (κ1) is 17.3. The first-order valence-electron chi connectivity index (χ1n) is 7.08. The minimum absolute atomic E-state index is 0.00846. The topological polar surface area (TPSA) is 73.9 Å². The maximum atomic E-state index is 13.1. The van der Waals surface area contributed by atoms with E-state index in [1.807, 2.05) is 0 Å². The minimum Gasteiger partial charge on any atom is -0.463 e. The third-order valence-corrected chi connectivity index (χ3v) is 3.52. The lowest BCUT2D eigenvalue weighted by atomic mass is 9.87. The molecule has 0 bridgehead atoms. The Kier molecular flexibility index (Phi) is 4.93. The van der Waals surface area contributed by atoms with Gasteiger partial charge in [-0.15, -0.1) is 0 Å². The average Bonchev–Trinajstić information content (AvgIpc) is 2.92. The summed E-state index contributed by atoms with van der Waals surface area (Å²) >= 11 is 0. The standard InChI is InChI=1S/C15H17F3N2O3/c1-2-22-13(21)14(8-11(9-19)20-23-14)7-10-5-3-4-6-12(10)15(16,17)18/h3-6H,2,7-9,19H2,1H3. The van der Waals surface area contributed by atoms with E-state index < -0.39 is 23.3 Å². The van der Waals surface area contributed by atoms with Crippen LogP contribution in [0.5, 0.6) is 0 Å². The van der Waals surface area contributed by atoms with Crippen LogP contribution >= 0.6 is 0 Å². The van der Waals surface area contributed by atoms with Crippen LogP contribution in [0.15, 0.2) is 29.4 Å². The molecule has 0 aliphatic carbocycles. The molecule has 8 heteroatoms. The lowest BCUT2D eigenvalue weighted by molar-refractivity contribution is -0.169. The molecule has 23 heavy (non-hydrogen) atoms. The number of ether oxygens (including phenoxy) is 1. The van der Waals surface area contributed by atoms with Crippen LogP contribution in [0.4, 0.5) is 13.2 Å². The van der Waals surface area contributed by atoms with Crippen LogP contribution in [-0.2, 0) is 27.0 Å². The van der Waals surface area contributed by atoms with Crippen LogP contribution in [0.1, 0.15) is 24.5 Å². The molecule has 1 unspecified atom stereocenters. The highest BCUT2D eigenvalue weighted by Crippen LogP contribution is 2.36. The lowest BCUT2D eigenvalue weighted by Crippen LogP contribution is -2.43. The average molecular weight is 330 g/mol. The van der Waals surface area contributed by atoms with Crippen molar-refractivity contribution in [2.24, 2.45) is 10.9 Å². The Hall–Kier alpha value is -2.09. The van der Waals surface area contributed by atoms with Crippen molar-refractivity contribution in [2.45, 2.75) is 31.5 Å². The van der Waals surface area contributed by atoms with Gasteiger partial charge in [0.25, 0.3) is 0 Å². The van der Waals surface area contributed by atoms with E-state index in [1.54, 1.807) is 6.92 Å². The SMILES string of the molecule is CCOC(=O)C1(Cc2ccccc2C(F)(F)F)CC(CN)=NO1. The third kappa shape index (κ3) is 3.64. The monoisotopic (exact) mass is 330 g/mol. The van der Waals surface area contributed by atoms with Crippen molar-refractivity contribution >= 4 is 11.7 Å². The highest BCUT2D eigenvalue weighted by atomic mass is 19.4. The zero-order valence-corrected chi connectivity index (χ0v) is 12.5. The number of alkyl halides is 3. The third-order valence-electron chi connectivity index (χ3n) is 3.52. The van der Waals surface area contributed by atoms with E-state index >= 15 is 0 Å². The first-order valence-corrected chi connectivity index (χ1v) is 7.08. The van der Waals surface area contributed by atoms with Crippen molar-refractivity contribution in [1.29, 1.82) is 0 Å². The highest BCUT2D eigenvalue weighted by Gasteiger charge is 2.49. The number of halogens is 3. The number of carbonyl (C=O) groups excluding carboxylic acids is 1. The van der Waals surface area contributed by atoms with Gasteiger partial charge >= 0.3 is 12.1 Å². The molecular formula is C15H17F3N2O3. The minimum atomic E-state index is -4.53. The largest absolute Gasteiger partial charge is 0.463 e. The van der Waals surface area contributed by atoms with Crippen molar-refractivity contribution in [2.75, 3.05) is 13.2 Å². The zero-order chi connectivity index (χ0) is 17.1. The summed E-state index contributed by atoms with van der Waals surface area (Å²) in [4.78, 5) is 17.4. The van der Waals surface area contributed by atoms with E-state index in [0.29, 0.717) is 5.71 Å². The van der Waals surface area contributed by atoms with Gasteiger partial charge in [0.15, 0.2) is 0 Å². The van der Waals surface area contributed by atoms with Crippen LogP contribution in [0, 0.1) is 0 Å². The van der Waals surface area contributed by atoms with Crippen molar-refractivity contribution in [3.05, 3.63) is 35.4 Å². The van der Waals surface area contributed by atoms with E-state index in [2.05, 4.69) is 5.16 Å². The normalized spacial score (nSPS) is 20.8. The second-order valence-corrected chi connectivity index (χ2v) is 5.18. The molecule has 1 aliphatic heterocycles. The summed E-state index contributed by atoms with van der Waals surface area (Å²) in [5, 5.41) is 3.71. The predicted molar refractivity (Wildman–Crippen MR) is 76.7 cm³/mol. The fourth-order valence-electron chi connectivity index (χ4n) is 2.45. The molecule has 0 amide bonds. The van der Waals surface area contributed by atoms with Gasteiger partial charge in [-0.1, -0.05) is 23.4 Å². The van der Waals surface area contributed by atoms with Crippen molar-refractivity contribution in [3.8, 4) is 0 Å². The second kappa shape index (κ2) is 6.57. The molecule has 1 aromatic rings. The Morgan fingerprint density at radius 3 is 2.70 bits per heavy atom. The fraction of sp³-hybridized carbons (Fsp3) is 0.467. The van der Waals surface area contributed by atoms with Crippen molar-refractivity contribution in [3.63, 3.8) is 0 Å². The van der Waals surface area contributed by atoms with Crippen molar-refractivity contribution in [1.82, 2.24) is 0 Å². The van der Waals surface area contributed by atoms with Crippen molar-refractivity contribution < 1.29 is 27.5 Å². The van der Waals surface area contributed by atoms with Crippen LogP contribution in [0.3, 0.4) is 0 Å². The number of rotatable bonds is 5. The van der Waals surface area contributed by atoms with E-state index in [9.17, 15) is 18.0 Å². The Labute approximate surface area is 131 Å². The number of carbonyl (C=O) groups is 1. The van der Waals surface area contributed by atoms with Gasteiger partial charge in [0, 0.05) is 19.4 Å². The van der Waals surface area contributed by atoms with E-state index in [-0.39, 0.29) is 31.6 Å². The molecule has 1 atom stereocenters. The lowest BCUT2D eigenvalue weighted by Gasteiger charge is -2.25. The number of esters is 1. The molecule has 0 saturated heterocycles. The number of hydrogen-bond acceptors (Lipinski definition) is 5.